The number of thiophene rings is 1. The van der Waals surface area contributed by atoms with E-state index in [1.807, 2.05) is 11.3 Å². The van der Waals surface area contributed by atoms with E-state index in [9.17, 15) is 0 Å². The standard InChI is InChI=1S/C21H24N2S/c1-16-7-9-17(10-8-16)21(23-13-4-11-22-12-14-23)19-15-24-20-6-3-2-5-18(19)20/h2-3,5-10,15,21-22H,4,11-14H2,1H3. The maximum Gasteiger partial charge on any atom is 0.0616 e. The highest BCUT2D eigenvalue weighted by molar-refractivity contribution is 7.17. The Morgan fingerprint density at radius 1 is 1.00 bits per heavy atom. The normalized spacial score (nSPS) is 17.7. The van der Waals surface area contributed by atoms with E-state index in [4.69, 9.17) is 0 Å². The summed E-state index contributed by atoms with van der Waals surface area (Å²) in [6, 6.07) is 18.3. The summed E-state index contributed by atoms with van der Waals surface area (Å²) in [5, 5.41) is 7.31. The van der Waals surface area contributed by atoms with E-state index in [0.717, 1.165) is 26.2 Å². The van der Waals surface area contributed by atoms with Crippen LogP contribution in [-0.2, 0) is 0 Å². The Bertz CT molecular complexity index is 798. The minimum Gasteiger partial charge on any atom is -0.315 e. The Kier molecular flexibility index (Phi) is 4.65. The molecule has 2 nitrogen and oxygen atoms in total. The van der Waals surface area contributed by atoms with E-state index < -0.39 is 0 Å². The number of hydrogen-bond acceptors (Lipinski definition) is 3. The zero-order valence-corrected chi connectivity index (χ0v) is 15.0. The monoisotopic (exact) mass is 336 g/mol. The Morgan fingerprint density at radius 3 is 2.71 bits per heavy atom. The van der Waals surface area contributed by atoms with Gasteiger partial charge in [0.05, 0.1) is 6.04 Å². The third-order valence-electron chi connectivity index (χ3n) is 4.94. The van der Waals surface area contributed by atoms with E-state index in [2.05, 4.69) is 71.1 Å². The molecule has 1 N–H and O–H groups in total. The van der Waals surface area contributed by atoms with E-state index in [-0.39, 0.29) is 0 Å². The number of fused-ring (bicyclic) bond motifs is 1. The zero-order valence-electron chi connectivity index (χ0n) is 14.2. The molecule has 2 aromatic carbocycles. The van der Waals surface area contributed by atoms with Crippen molar-refractivity contribution < 1.29 is 0 Å². The van der Waals surface area contributed by atoms with Crippen molar-refractivity contribution in [3.05, 3.63) is 70.6 Å². The third kappa shape index (κ3) is 3.12. The first-order chi connectivity index (χ1) is 11.8. The molecule has 1 aromatic heterocycles. The first-order valence-electron chi connectivity index (χ1n) is 8.80. The first-order valence-corrected chi connectivity index (χ1v) is 9.68. The van der Waals surface area contributed by atoms with Crippen molar-refractivity contribution in [3.8, 4) is 0 Å². The molecule has 0 saturated carbocycles. The van der Waals surface area contributed by atoms with Crippen molar-refractivity contribution in [2.45, 2.75) is 19.4 Å². The van der Waals surface area contributed by atoms with Gasteiger partial charge in [-0.2, -0.15) is 0 Å². The second kappa shape index (κ2) is 7.06. The molecule has 0 aliphatic carbocycles. The fraction of sp³-hybridized carbons (Fsp3) is 0.333. The predicted octanol–water partition coefficient (Wildman–Crippen LogP) is 4.59. The molecule has 24 heavy (non-hydrogen) atoms. The first kappa shape index (κ1) is 15.8. The van der Waals surface area contributed by atoms with Gasteiger partial charge in [-0.25, -0.2) is 0 Å². The molecule has 1 atom stereocenters. The van der Waals surface area contributed by atoms with Crippen LogP contribution in [0.1, 0.15) is 29.2 Å². The number of nitrogens with zero attached hydrogens (tertiary/aromatic N) is 1. The van der Waals surface area contributed by atoms with Gasteiger partial charge < -0.3 is 5.32 Å². The summed E-state index contributed by atoms with van der Waals surface area (Å²) < 4.78 is 1.39. The van der Waals surface area contributed by atoms with Gasteiger partial charge in [0, 0.05) is 24.3 Å². The molecule has 0 radical (unpaired) electrons. The van der Waals surface area contributed by atoms with Gasteiger partial charge in [0.25, 0.3) is 0 Å². The average Bonchev–Trinajstić information content (AvgIpc) is 2.84. The predicted molar refractivity (Wildman–Crippen MR) is 104 cm³/mol. The summed E-state index contributed by atoms with van der Waals surface area (Å²) >= 11 is 1.87. The summed E-state index contributed by atoms with van der Waals surface area (Å²) in [5.41, 5.74) is 4.19. The highest BCUT2D eigenvalue weighted by Crippen LogP contribution is 2.37. The van der Waals surface area contributed by atoms with E-state index in [1.54, 1.807) is 0 Å². The van der Waals surface area contributed by atoms with Gasteiger partial charge in [-0.3, -0.25) is 4.90 Å². The Balaban J connectivity index is 1.81. The lowest BCUT2D eigenvalue weighted by Crippen LogP contribution is -2.32. The minimum atomic E-state index is 0.349. The van der Waals surface area contributed by atoms with Gasteiger partial charge in [0.15, 0.2) is 0 Å². The molecule has 2 heterocycles. The van der Waals surface area contributed by atoms with Crippen LogP contribution in [0.2, 0.25) is 0 Å². The number of hydrogen-bond donors (Lipinski definition) is 1. The van der Waals surface area contributed by atoms with E-state index in [1.165, 1.54) is 33.2 Å². The van der Waals surface area contributed by atoms with Gasteiger partial charge in [0.1, 0.15) is 0 Å². The molecule has 3 aromatic rings. The van der Waals surface area contributed by atoms with Crippen LogP contribution in [0.3, 0.4) is 0 Å². The SMILES string of the molecule is Cc1ccc(C(c2csc3ccccc23)N2CCCNCC2)cc1. The van der Waals surface area contributed by atoms with Gasteiger partial charge in [-0.15, -0.1) is 11.3 Å². The molecule has 1 aliphatic rings. The Hall–Kier alpha value is -1.68. The van der Waals surface area contributed by atoms with Gasteiger partial charge in [0.2, 0.25) is 0 Å². The third-order valence-corrected chi connectivity index (χ3v) is 5.92. The van der Waals surface area contributed by atoms with Crippen molar-refractivity contribution in [2.75, 3.05) is 26.2 Å². The fourth-order valence-electron chi connectivity index (χ4n) is 3.67. The van der Waals surface area contributed by atoms with Crippen LogP contribution in [0.25, 0.3) is 10.1 Å². The maximum absolute atomic E-state index is 3.54. The van der Waals surface area contributed by atoms with Gasteiger partial charge in [-0.1, -0.05) is 48.0 Å². The lowest BCUT2D eigenvalue weighted by Gasteiger charge is -2.31. The summed E-state index contributed by atoms with van der Waals surface area (Å²) in [4.78, 5) is 2.65. The van der Waals surface area contributed by atoms with Crippen molar-refractivity contribution in [1.82, 2.24) is 10.2 Å². The molecule has 1 fully saturated rings. The van der Waals surface area contributed by atoms with Crippen LogP contribution in [0.15, 0.2) is 53.9 Å². The van der Waals surface area contributed by atoms with Crippen LogP contribution in [-0.4, -0.2) is 31.1 Å². The number of aryl methyl sites for hydroxylation is 1. The fourth-order valence-corrected chi connectivity index (χ4v) is 4.65. The van der Waals surface area contributed by atoms with Gasteiger partial charge in [-0.05, 0) is 47.8 Å². The molecular formula is C21H24N2S. The molecule has 3 heteroatoms. The summed E-state index contributed by atoms with van der Waals surface area (Å²) in [5.74, 6) is 0. The Labute approximate surface area is 148 Å². The van der Waals surface area contributed by atoms with Crippen LogP contribution >= 0.6 is 11.3 Å². The number of rotatable bonds is 3. The maximum atomic E-state index is 3.54. The van der Waals surface area contributed by atoms with Crippen molar-refractivity contribution in [1.29, 1.82) is 0 Å². The highest BCUT2D eigenvalue weighted by atomic mass is 32.1. The van der Waals surface area contributed by atoms with Crippen molar-refractivity contribution in [2.24, 2.45) is 0 Å². The molecule has 0 spiro atoms. The van der Waals surface area contributed by atoms with Crippen molar-refractivity contribution >= 4 is 21.4 Å². The molecule has 0 amide bonds. The van der Waals surface area contributed by atoms with E-state index >= 15 is 0 Å². The van der Waals surface area contributed by atoms with Crippen molar-refractivity contribution in [3.63, 3.8) is 0 Å². The van der Waals surface area contributed by atoms with Gasteiger partial charge >= 0.3 is 0 Å². The van der Waals surface area contributed by atoms with Crippen LogP contribution < -0.4 is 5.32 Å². The molecule has 4 rings (SSSR count). The molecule has 1 unspecified atom stereocenters. The molecule has 1 saturated heterocycles. The summed E-state index contributed by atoms with van der Waals surface area (Å²) in [6.45, 7) is 6.61. The van der Waals surface area contributed by atoms with Crippen LogP contribution in [0, 0.1) is 6.92 Å². The molecule has 124 valence electrons. The Morgan fingerprint density at radius 2 is 1.83 bits per heavy atom. The second-order valence-corrected chi connectivity index (χ2v) is 7.55. The largest absolute Gasteiger partial charge is 0.315 e. The lowest BCUT2D eigenvalue weighted by molar-refractivity contribution is 0.242. The molecule has 0 bridgehead atoms. The topological polar surface area (TPSA) is 15.3 Å². The quantitative estimate of drug-likeness (QED) is 0.752. The molecule has 1 aliphatic heterocycles. The summed E-state index contributed by atoms with van der Waals surface area (Å²) in [6.07, 6.45) is 1.21. The smallest absolute Gasteiger partial charge is 0.0616 e. The van der Waals surface area contributed by atoms with E-state index in [0.29, 0.717) is 6.04 Å². The van der Waals surface area contributed by atoms with Crippen LogP contribution in [0.5, 0.6) is 0 Å². The number of nitrogens with one attached hydrogen (secondary N) is 1. The lowest BCUT2D eigenvalue weighted by atomic mass is 9.95. The second-order valence-electron chi connectivity index (χ2n) is 6.64. The highest BCUT2D eigenvalue weighted by Gasteiger charge is 2.25. The average molecular weight is 337 g/mol. The molecular weight excluding hydrogens is 312 g/mol. The summed E-state index contributed by atoms with van der Waals surface area (Å²) in [7, 11) is 0. The van der Waals surface area contributed by atoms with Crippen LogP contribution in [0.4, 0.5) is 0 Å². The number of benzene rings is 2. The minimum absolute atomic E-state index is 0.349. The zero-order chi connectivity index (χ0) is 16.4.